The van der Waals surface area contributed by atoms with E-state index >= 15 is 0 Å². The number of carbonyl (C=O) groups is 1. The van der Waals surface area contributed by atoms with Gasteiger partial charge < -0.3 is 9.15 Å². The summed E-state index contributed by atoms with van der Waals surface area (Å²) in [4.78, 5) is 30.6. The zero-order valence-corrected chi connectivity index (χ0v) is 19.0. The van der Waals surface area contributed by atoms with Gasteiger partial charge in [-0.05, 0) is 37.3 Å². The first-order chi connectivity index (χ1) is 16.6. The van der Waals surface area contributed by atoms with Crippen LogP contribution < -0.4 is 5.56 Å². The molecule has 0 unspecified atom stereocenters. The molecule has 0 bridgehead atoms. The van der Waals surface area contributed by atoms with Crippen molar-refractivity contribution in [1.82, 2.24) is 9.55 Å². The highest BCUT2D eigenvalue weighted by Crippen LogP contribution is 2.33. The van der Waals surface area contributed by atoms with Gasteiger partial charge >= 0.3 is 5.97 Å². The van der Waals surface area contributed by atoms with Crippen LogP contribution in [-0.2, 0) is 10.5 Å². The van der Waals surface area contributed by atoms with Crippen LogP contribution in [0, 0.1) is 5.82 Å². The molecule has 0 aliphatic carbocycles. The van der Waals surface area contributed by atoms with E-state index in [4.69, 9.17) is 9.15 Å². The van der Waals surface area contributed by atoms with Gasteiger partial charge in [0, 0.05) is 16.7 Å². The first kappa shape index (κ1) is 21.9. The highest BCUT2D eigenvalue weighted by atomic mass is 32.2. The van der Waals surface area contributed by atoms with Gasteiger partial charge in [-0.2, -0.15) is 0 Å². The molecule has 0 atom stereocenters. The van der Waals surface area contributed by atoms with Crippen molar-refractivity contribution in [2.75, 3.05) is 6.61 Å². The summed E-state index contributed by atoms with van der Waals surface area (Å²) < 4.78 is 27.0. The molecule has 6 nitrogen and oxygen atoms in total. The van der Waals surface area contributed by atoms with Gasteiger partial charge in [-0.25, -0.2) is 14.2 Å². The summed E-state index contributed by atoms with van der Waals surface area (Å²) in [6.07, 6.45) is 0. The first-order valence-corrected chi connectivity index (χ1v) is 11.6. The van der Waals surface area contributed by atoms with Crippen LogP contribution >= 0.6 is 11.8 Å². The molecule has 2 heterocycles. The third kappa shape index (κ3) is 3.86. The van der Waals surface area contributed by atoms with Crippen LogP contribution in [0.2, 0.25) is 0 Å². The molecule has 34 heavy (non-hydrogen) atoms. The third-order valence-corrected chi connectivity index (χ3v) is 6.31. The highest BCUT2D eigenvalue weighted by Gasteiger charge is 2.23. The third-order valence-electron chi connectivity index (χ3n) is 5.34. The molecule has 0 spiro atoms. The number of para-hydroxylation sites is 3. The van der Waals surface area contributed by atoms with Crippen LogP contribution in [0.15, 0.2) is 87.2 Å². The maximum Gasteiger partial charge on any atom is 0.374 e. The number of esters is 1. The van der Waals surface area contributed by atoms with E-state index in [0.29, 0.717) is 27.2 Å². The molecule has 0 radical (unpaired) electrons. The van der Waals surface area contributed by atoms with Gasteiger partial charge in [0.25, 0.3) is 5.56 Å². The Hall–Kier alpha value is -3.91. The lowest BCUT2D eigenvalue weighted by Gasteiger charge is -2.14. The lowest BCUT2D eigenvalue weighted by Crippen LogP contribution is -2.22. The number of nitrogens with zero attached hydrogens (tertiary/aromatic N) is 2. The Morgan fingerprint density at radius 2 is 1.74 bits per heavy atom. The fourth-order valence-electron chi connectivity index (χ4n) is 3.80. The fourth-order valence-corrected chi connectivity index (χ4v) is 4.83. The van der Waals surface area contributed by atoms with Gasteiger partial charge in [0.1, 0.15) is 11.4 Å². The Labute approximate surface area is 198 Å². The van der Waals surface area contributed by atoms with Crippen LogP contribution in [0.3, 0.4) is 0 Å². The molecule has 5 rings (SSSR count). The van der Waals surface area contributed by atoms with Crippen LogP contribution in [0.5, 0.6) is 0 Å². The largest absolute Gasteiger partial charge is 0.460 e. The minimum Gasteiger partial charge on any atom is -0.460 e. The first-order valence-electron chi connectivity index (χ1n) is 10.7. The molecular formula is C26H19FN2O4S. The minimum absolute atomic E-state index is 0.107. The molecule has 170 valence electrons. The fraction of sp³-hybridized carbons (Fsp3) is 0.115. The summed E-state index contributed by atoms with van der Waals surface area (Å²) >= 11 is 1.22. The zero-order valence-electron chi connectivity index (χ0n) is 18.2. The van der Waals surface area contributed by atoms with Crippen molar-refractivity contribution in [3.63, 3.8) is 0 Å². The number of hydrogen-bond acceptors (Lipinski definition) is 6. The van der Waals surface area contributed by atoms with Crippen LogP contribution in [0.25, 0.3) is 27.6 Å². The summed E-state index contributed by atoms with van der Waals surface area (Å²) in [7, 11) is 0. The normalized spacial score (nSPS) is 11.2. The van der Waals surface area contributed by atoms with E-state index in [9.17, 15) is 14.0 Å². The topological polar surface area (TPSA) is 74.3 Å². The second-order valence-corrected chi connectivity index (χ2v) is 8.36. The van der Waals surface area contributed by atoms with Gasteiger partial charge in [-0.15, -0.1) is 0 Å². The van der Waals surface area contributed by atoms with Crippen LogP contribution in [-0.4, -0.2) is 22.1 Å². The molecule has 0 saturated carbocycles. The van der Waals surface area contributed by atoms with E-state index in [1.165, 1.54) is 28.5 Å². The van der Waals surface area contributed by atoms with Crippen molar-refractivity contribution in [2.24, 2.45) is 0 Å². The Morgan fingerprint density at radius 1 is 1.03 bits per heavy atom. The summed E-state index contributed by atoms with van der Waals surface area (Å²) in [6, 6.07) is 20.3. The van der Waals surface area contributed by atoms with Crippen molar-refractivity contribution in [1.29, 1.82) is 0 Å². The van der Waals surface area contributed by atoms with Crippen molar-refractivity contribution in [3.8, 4) is 5.69 Å². The predicted octanol–water partition coefficient (Wildman–Crippen LogP) is 5.74. The zero-order chi connectivity index (χ0) is 23.7. The smallest absolute Gasteiger partial charge is 0.374 e. The van der Waals surface area contributed by atoms with Crippen molar-refractivity contribution >= 4 is 39.6 Å². The number of benzene rings is 3. The number of furan rings is 1. The monoisotopic (exact) mass is 474 g/mol. The molecular weight excluding hydrogens is 455 g/mol. The average molecular weight is 475 g/mol. The summed E-state index contributed by atoms with van der Waals surface area (Å²) in [6.45, 7) is 1.93. The predicted molar refractivity (Wildman–Crippen MR) is 129 cm³/mol. The molecule has 0 aliphatic heterocycles. The maximum absolute atomic E-state index is 14.7. The second kappa shape index (κ2) is 9.15. The van der Waals surface area contributed by atoms with Crippen LogP contribution in [0.1, 0.15) is 23.0 Å². The van der Waals surface area contributed by atoms with Crippen molar-refractivity contribution in [2.45, 2.75) is 17.8 Å². The van der Waals surface area contributed by atoms with E-state index in [2.05, 4.69) is 4.98 Å². The van der Waals surface area contributed by atoms with Gasteiger partial charge in [-0.1, -0.05) is 54.2 Å². The lowest BCUT2D eigenvalue weighted by atomic mass is 10.1. The Morgan fingerprint density at radius 3 is 2.53 bits per heavy atom. The lowest BCUT2D eigenvalue weighted by molar-refractivity contribution is 0.0491. The number of ether oxygens (including phenoxy) is 1. The van der Waals surface area contributed by atoms with E-state index in [1.54, 1.807) is 49.4 Å². The number of rotatable bonds is 6. The molecule has 0 fully saturated rings. The van der Waals surface area contributed by atoms with Gasteiger partial charge in [-0.3, -0.25) is 9.36 Å². The van der Waals surface area contributed by atoms with Gasteiger partial charge in [0.15, 0.2) is 5.16 Å². The number of carbonyl (C=O) groups excluding carboxylic acids is 1. The average Bonchev–Trinajstić information content (AvgIpc) is 3.22. The Balaban J connectivity index is 1.65. The number of thioether (sulfide) groups is 1. The van der Waals surface area contributed by atoms with Crippen molar-refractivity contribution in [3.05, 3.63) is 100 Å². The Bertz CT molecular complexity index is 1590. The number of halogens is 1. The van der Waals surface area contributed by atoms with Crippen LogP contribution in [0.4, 0.5) is 4.39 Å². The highest BCUT2D eigenvalue weighted by molar-refractivity contribution is 7.98. The van der Waals surface area contributed by atoms with Gasteiger partial charge in [0.2, 0.25) is 5.76 Å². The van der Waals surface area contributed by atoms with E-state index in [-0.39, 0.29) is 29.4 Å². The number of aromatic nitrogens is 2. The molecule has 8 heteroatoms. The molecule has 2 aromatic heterocycles. The van der Waals surface area contributed by atoms with Gasteiger partial charge in [0.05, 0.1) is 23.2 Å². The minimum atomic E-state index is -0.563. The standard InChI is InChI=1S/C26H19FN2O4S/c1-2-32-25(31)23-18(16-9-4-8-14-22(16)33-23)15-34-26-28-20-12-6-3-10-17(20)24(30)29(26)21-13-7-5-11-19(21)27/h3-14H,2,15H2,1H3. The SMILES string of the molecule is CCOC(=O)c1oc2ccccc2c1CSc1nc2ccccc2c(=O)n1-c1ccccc1F. The molecule has 0 N–H and O–H groups in total. The molecule has 5 aromatic rings. The molecule has 0 saturated heterocycles. The second-order valence-electron chi connectivity index (χ2n) is 7.42. The molecule has 0 aliphatic rings. The summed E-state index contributed by atoms with van der Waals surface area (Å²) in [5.41, 5.74) is 1.42. The Kier molecular flexibility index (Phi) is 5.90. The van der Waals surface area contributed by atoms with E-state index < -0.39 is 11.8 Å². The molecule has 3 aromatic carbocycles. The molecule has 0 amide bonds. The number of fused-ring (bicyclic) bond motifs is 2. The summed E-state index contributed by atoms with van der Waals surface area (Å²) in [5.74, 6) is -0.738. The van der Waals surface area contributed by atoms with E-state index in [0.717, 1.165) is 5.39 Å². The van der Waals surface area contributed by atoms with E-state index in [1.807, 2.05) is 18.2 Å². The number of hydrogen-bond donors (Lipinski definition) is 0. The van der Waals surface area contributed by atoms with Crippen molar-refractivity contribution < 1.29 is 18.3 Å². The quantitative estimate of drug-likeness (QED) is 0.178. The maximum atomic E-state index is 14.7. The summed E-state index contributed by atoms with van der Waals surface area (Å²) in [5, 5.41) is 1.45.